The highest BCUT2D eigenvalue weighted by Crippen LogP contribution is 2.33. The van der Waals surface area contributed by atoms with E-state index in [1.54, 1.807) is 18.2 Å². The van der Waals surface area contributed by atoms with E-state index in [-0.39, 0.29) is 17.4 Å². The van der Waals surface area contributed by atoms with E-state index in [2.05, 4.69) is 19.9 Å². The molecule has 2 aromatic carbocycles. The summed E-state index contributed by atoms with van der Waals surface area (Å²) in [6.07, 6.45) is 0. The molecule has 5 rings (SSSR count). The fraction of sp³-hybridized carbons (Fsp3) is 0.263. The Kier molecular flexibility index (Phi) is 4.72. The first-order valence-corrected chi connectivity index (χ1v) is 11.6. The number of aromatic nitrogens is 1. The van der Waals surface area contributed by atoms with Gasteiger partial charge in [0.25, 0.3) is 15.9 Å². The number of benzene rings is 2. The van der Waals surface area contributed by atoms with Gasteiger partial charge in [0.05, 0.1) is 39.7 Å². The number of rotatable bonds is 4. The third kappa shape index (κ3) is 3.66. The minimum atomic E-state index is -3.85. The molecule has 2 aliphatic rings. The number of hydrogen-bond acceptors (Lipinski definition) is 8. The summed E-state index contributed by atoms with van der Waals surface area (Å²) in [6, 6.07) is 9.62. The molecule has 0 atom stereocenters. The summed E-state index contributed by atoms with van der Waals surface area (Å²) in [5, 5.41) is 3.52. The fourth-order valence-corrected chi connectivity index (χ4v) is 5.44. The molecule has 30 heavy (non-hydrogen) atoms. The standard InChI is InChI=1S/C19H18N4O5S2/c24-18-11-28-16-4-2-13(10-15(16)20-18)30(25,26)22-12-1-3-14-17(9-12)29-19(21-14)23-5-7-27-8-6-23/h1-4,9-10,22H,5-8,11H2,(H,20,24). The van der Waals surface area contributed by atoms with E-state index < -0.39 is 10.0 Å². The van der Waals surface area contributed by atoms with Gasteiger partial charge in [-0.05, 0) is 36.4 Å². The summed E-state index contributed by atoms with van der Waals surface area (Å²) in [5.41, 5.74) is 1.60. The molecule has 0 aliphatic carbocycles. The molecule has 1 fully saturated rings. The molecule has 156 valence electrons. The summed E-state index contributed by atoms with van der Waals surface area (Å²) in [6.45, 7) is 2.84. The fourth-order valence-electron chi connectivity index (χ4n) is 3.31. The number of sulfonamides is 1. The zero-order valence-electron chi connectivity index (χ0n) is 15.8. The lowest BCUT2D eigenvalue weighted by atomic mass is 10.2. The monoisotopic (exact) mass is 446 g/mol. The van der Waals surface area contributed by atoms with Gasteiger partial charge in [0.15, 0.2) is 11.7 Å². The Morgan fingerprint density at radius 1 is 1.13 bits per heavy atom. The Bertz CT molecular complexity index is 1230. The van der Waals surface area contributed by atoms with Gasteiger partial charge in [0, 0.05) is 13.1 Å². The Hall–Kier alpha value is -2.89. The maximum atomic E-state index is 12.9. The van der Waals surface area contributed by atoms with Crippen molar-refractivity contribution in [2.24, 2.45) is 0 Å². The number of carbonyl (C=O) groups is 1. The zero-order chi connectivity index (χ0) is 20.7. The van der Waals surface area contributed by atoms with Crippen LogP contribution in [0.4, 0.5) is 16.5 Å². The molecular weight excluding hydrogens is 428 g/mol. The molecule has 1 amide bonds. The lowest BCUT2D eigenvalue weighted by Crippen LogP contribution is -2.36. The molecule has 2 aliphatic heterocycles. The van der Waals surface area contributed by atoms with Gasteiger partial charge in [-0.15, -0.1) is 0 Å². The number of hydrogen-bond donors (Lipinski definition) is 2. The Morgan fingerprint density at radius 3 is 2.80 bits per heavy atom. The van der Waals surface area contributed by atoms with Crippen LogP contribution in [0.3, 0.4) is 0 Å². The number of ether oxygens (including phenoxy) is 2. The molecule has 9 nitrogen and oxygen atoms in total. The number of nitrogens with zero attached hydrogens (tertiary/aromatic N) is 2. The molecule has 0 radical (unpaired) electrons. The minimum Gasteiger partial charge on any atom is -0.482 e. The summed E-state index contributed by atoms with van der Waals surface area (Å²) in [7, 11) is -3.85. The van der Waals surface area contributed by atoms with Crippen LogP contribution in [0.1, 0.15) is 0 Å². The number of thiazole rings is 1. The highest BCUT2D eigenvalue weighted by atomic mass is 32.2. The predicted octanol–water partition coefficient (Wildman–Crippen LogP) is 2.26. The second kappa shape index (κ2) is 7.42. The van der Waals surface area contributed by atoms with E-state index in [9.17, 15) is 13.2 Å². The summed E-state index contributed by atoms with van der Waals surface area (Å²) >= 11 is 1.52. The van der Waals surface area contributed by atoms with E-state index in [1.807, 2.05) is 0 Å². The van der Waals surface area contributed by atoms with Crippen molar-refractivity contribution in [1.29, 1.82) is 0 Å². The molecule has 3 aromatic rings. The average molecular weight is 447 g/mol. The first kappa shape index (κ1) is 19.1. The van der Waals surface area contributed by atoms with Crippen molar-refractivity contribution in [3.8, 4) is 5.75 Å². The molecule has 1 aromatic heterocycles. The van der Waals surface area contributed by atoms with Crippen LogP contribution in [0, 0.1) is 0 Å². The normalized spacial score (nSPS) is 16.7. The van der Waals surface area contributed by atoms with Crippen LogP contribution in [0.2, 0.25) is 0 Å². The lowest BCUT2D eigenvalue weighted by molar-refractivity contribution is -0.118. The SMILES string of the molecule is O=C1COc2ccc(S(=O)(=O)Nc3ccc4nc(N5CCOCC5)sc4c3)cc2N1. The molecule has 2 N–H and O–H groups in total. The molecular formula is C19H18N4O5S2. The molecule has 0 saturated carbocycles. The minimum absolute atomic E-state index is 0.0328. The van der Waals surface area contributed by atoms with Crippen molar-refractivity contribution < 1.29 is 22.7 Å². The van der Waals surface area contributed by atoms with Crippen LogP contribution in [0.5, 0.6) is 5.75 Å². The number of nitrogens with one attached hydrogen (secondary N) is 2. The van der Waals surface area contributed by atoms with Gasteiger partial charge in [0.1, 0.15) is 5.75 Å². The molecule has 0 spiro atoms. The summed E-state index contributed by atoms with van der Waals surface area (Å²) < 4.78 is 39.9. The van der Waals surface area contributed by atoms with E-state index in [0.29, 0.717) is 30.3 Å². The first-order valence-electron chi connectivity index (χ1n) is 9.31. The van der Waals surface area contributed by atoms with Gasteiger partial charge in [-0.1, -0.05) is 11.3 Å². The Labute approximate surface area is 176 Å². The van der Waals surface area contributed by atoms with Crippen LogP contribution in [0.15, 0.2) is 41.3 Å². The Morgan fingerprint density at radius 2 is 1.97 bits per heavy atom. The zero-order valence-corrected chi connectivity index (χ0v) is 17.4. The van der Waals surface area contributed by atoms with Crippen molar-refractivity contribution >= 4 is 54.0 Å². The van der Waals surface area contributed by atoms with Crippen molar-refractivity contribution in [3.05, 3.63) is 36.4 Å². The molecule has 11 heteroatoms. The van der Waals surface area contributed by atoms with Gasteiger partial charge < -0.3 is 19.7 Å². The van der Waals surface area contributed by atoms with Gasteiger partial charge in [-0.25, -0.2) is 13.4 Å². The predicted molar refractivity (Wildman–Crippen MR) is 114 cm³/mol. The van der Waals surface area contributed by atoms with Crippen LogP contribution in [-0.4, -0.2) is 52.2 Å². The number of morpholine rings is 1. The van der Waals surface area contributed by atoms with Crippen LogP contribution >= 0.6 is 11.3 Å². The molecule has 0 unspecified atom stereocenters. The number of carbonyl (C=O) groups excluding carboxylic acids is 1. The van der Waals surface area contributed by atoms with Crippen molar-refractivity contribution in [2.75, 3.05) is 47.8 Å². The molecule has 1 saturated heterocycles. The smallest absolute Gasteiger partial charge is 0.262 e. The first-order chi connectivity index (χ1) is 14.5. The molecule has 3 heterocycles. The highest BCUT2D eigenvalue weighted by Gasteiger charge is 2.22. The van der Waals surface area contributed by atoms with E-state index in [0.717, 1.165) is 28.4 Å². The maximum Gasteiger partial charge on any atom is 0.262 e. The lowest BCUT2D eigenvalue weighted by Gasteiger charge is -2.25. The largest absolute Gasteiger partial charge is 0.482 e. The van der Waals surface area contributed by atoms with E-state index in [4.69, 9.17) is 9.47 Å². The van der Waals surface area contributed by atoms with Crippen LogP contribution in [-0.2, 0) is 19.6 Å². The van der Waals surface area contributed by atoms with E-state index in [1.165, 1.54) is 29.5 Å². The number of anilines is 3. The van der Waals surface area contributed by atoms with Crippen molar-refractivity contribution in [3.63, 3.8) is 0 Å². The van der Waals surface area contributed by atoms with Crippen molar-refractivity contribution in [1.82, 2.24) is 4.98 Å². The van der Waals surface area contributed by atoms with Gasteiger partial charge >= 0.3 is 0 Å². The second-order valence-corrected chi connectivity index (χ2v) is 9.57. The number of fused-ring (bicyclic) bond motifs is 2. The Balaban J connectivity index is 1.40. The second-order valence-electron chi connectivity index (χ2n) is 6.88. The van der Waals surface area contributed by atoms with Crippen LogP contribution in [0.25, 0.3) is 10.2 Å². The van der Waals surface area contributed by atoms with Crippen LogP contribution < -0.4 is 19.7 Å². The number of amides is 1. The van der Waals surface area contributed by atoms with Gasteiger partial charge in [-0.2, -0.15) is 0 Å². The third-order valence-corrected chi connectivity index (χ3v) is 7.26. The summed E-state index contributed by atoms with van der Waals surface area (Å²) in [5.74, 6) is 0.118. The average Bonchev–Trinajstić information content (AvgIpc) is 3.17. The quantitative estimate of drug-likeness (QED) is 0.633. The highest BCUT2D eigenvalue weighted by molar-refractivity contribution is 7.92. The third-order valence-electron chi connectivity index (χ3n) is 4.81. The maximum absolute atomic E-state index is 12.9. The van der Waals surface area contributed by atoms with Gasteiger partial charge in [0.2, 0.25) is 0 Å². The van der Waals surface area contributed by atoms with E-state index >= 15 is 0 Å². The van der Waals surface area contributed by atoms with Gasteiger partial charge in [-0.3, -0.25) is 9.52 Å². The molecule has 0 bridgehead atoms. The van der Waals surface area contributed by atoms with Crippen molar-refractivity contribution in [2.45, 2.75) is 4.90 Å². The summed E-state index contributed by atoms with van der Waals surface area (Å²) in [4.78, 5) is 18.3. The topological polar surface area (TPSA) is 110 Å².